The number of pyridine rings is 1. The lowest BCUT2D eigenvalue weighted by molar-refractivity contribution is -0.121. The summed E-state index contributed by atoms with van der Waals surface area (Å²) in [5.41, 5.74) is 5.81. The molecule has 0 aromatic carbocycles. The Bertz CT molecular complexity index is 478. The molecule has 1 aromatic rings. The highest BCUT2D eigenvalue weighted by atomic mass is 16.2. The van der Waals surface area contributed by atoms with Gasteiger partial charge in [-0.05, 0) is 31.4 Å². The standard InChI is InChI=1S/C15H22N4O2/c16-8-7-14(20)18-11-12-5-2-4-10-19(12)15(21)13-6-1-3-9-17-13/h1,3,6,9,12H,2,4-5,7-8,10-11,16H2,(H,18,20). The number of hydrogen-bond acceptors (Lipinski definition) is 4. The molecule has 1 saturated heterocycles. The highest BCUT2D eigenvalue weighted by Crippen LogP contribution is 2.18. The number of aromatic nitrogens is 1. The maximum absolute atomic E-state index is 12.5. The van der Waals surface area contributed by atoms with E-state index in [1.807, 2.05) is 11.0 Å². The lowest BCUT2D eigenvalue weighted by Crippen LogP contribution is -2.49. The van der Waals surface area contributed by atoms with Crippen molar-refractivity contribution in [3.8, 4) is 0 Å². The minimum absolute atomic E-state index is 0.0370. The predicted molar refractivity (Wildman–Crippen MR) is 79.6 cm³/mol. The Balaban J connectivity index is 1.98. The first kappa shape index (κ1) is 15.4. The zero-order chi connectivity index (χ0) is 15.1. The van der Waals surface area contributed by atoms with Crippen molar-refractivity contribution in [2.24, 2.45) is 5.73 Å². The number of nitrogens with zero attached hydrogens (tertiary/aromatic N) is 2. The summed E-state index contributed by atoms with van der Waals surface area (Å²) in [4.78, 5) is 30.0. The smallest absolute Gasteiger partial charge is 0.272 e. The summed E-state index contributed by atoms with van der Waals surface area (Å²) in [6.07, 6.45) is 4.91. The van der Waals surface area contributed by atoms with Crippen LogP contribution in [0, 0.1) is 0 Å². The van der Waals surface area contributed by atoms with E-state index in [1.54, 1.807) is 18.3 Å². The Morgan fingerprint density at radius 1 is 1.38 bits per heavy atom. The number of amides is 2. The lowest BCUT2D eigenvalue weighted by atomic mass is 10.0. The van der Waals surface area contributed by atoms with Crippen LogP contribution in [-0.4, -0.2) is 47.4 Å². The number of hydrogen-bond donors (Lipinski definition) is 2. The first-order valence-corrected chi connectivity index (χ1v) is 7.41. The van der Waals surface area contributed by atoms with E-state index in [0.717, 1.165) is 19.3 Å². The van der Waals surface area contributed by atoms with Crippen LogP contribution in [0.5, 0.6) is 0 Å². The van der Waals surface area contributed by atoms with Crippen molar-refractivity contribution in [1.29, 1.82) is 0 Å². The topological polar surface area (TPSA) is 88.3 Å². The Kier molecular flexibility index (Phi) is 5.68. The van der Waals surface area contributed by atoms with Gasteiger partial charge in [-0.25, -0.2) is 0 Å². The first-order valence-electron chi connectivity index (χ1n) is 7.41. The number of nitrogens with one attached hydrogen (secondary N) is 1. The quantitative estimate of drug-likeness (QED) is 0.828. The van der Waals surface area contributed by atoms with Crippen LogP contribution in [0.1, 0.15) is 36.2 Å². The Morgan fingerprint density at radius 2 is 2.24 bits per heavy atom. The molecule has 1 aromatic heterocycles. The Hall–Kier alpha value is -1.95. The summed E-state index contributed by atoms with van der Waals surface area (Å²) in [6.45, 7) is 1.54. The van der Waals surface area contributed by atoms with E-state index in [1.165, 1.54) is 0 Å². The van der Waals surface area contributed by atoms with Crippen LogP contribution in [0.15, 0.2) is 24.4 Å². The molecule has 1 aliphatic heterocycles. The summed E-state index contributed by atoms with van der Waals surface area (Å²) >= 11 is 0. The number of rotatable bonds is 5. The van der Waals surface area contributed by atoms with E-state index < -0.39 is 0 Å². The maximum atomic E-state index is 12.5. The Morgan fingerprint density at radius 3 is 2.95 bits per heavy atom. The van der Waals surface area contributed by atoms with Crippen LogP contribution in [-0.2, 0) is 4.79 Å². The van der Waals surface area contributed by atoms with Crippen LogP contribution >= 0.6 is 0 Å². The second-order valence-electron chi connectivity index (χ2n) is 5.21. The summed E-state index contributed by atoms with van der Waals surface area (Å²) in [7, 11) is 0. The molecule has 21 heavy (non-hydrogen) atoms. The van der Waals surface area contributed by atoms with E-state index in [-0.39, 0.29) is 17.9 Å². The van der Waals surface area contributed by atoms with Crippen molar-refractivity contribution in [1.82, 2.24) is 15.2 Å². The normalized spacial score (nSPS) is 18.3. The van der Waals surface area contributed by atoms with E-state index >= 15 is 0 Å². The van der Waals surface area contributed by atoms with Gasteiger partial charge in [0.15, 0.2) is 0 Å². The van der Waals surface area contributed by atoms with E-state index in [4.69, 9.17) is 5.73 Å². The molecule has 114 valence electrons. The largest absolute Gasteiger partial charge is 0.354 e. The van der Waals surface area contributed by atoms with Gasteiger partial charge in [0.1, 0.15) is 5.69 Å². The molecule has 0 aliphatic carbocycles. The van der Waals surface area contributed by atoms with E-state index in [9.17, 15) is 9.59 Å². The molecule has 6 heteroatoms. The number of nitrogens with two attached hydrogens (primary N) is 1. The zero-order valence-electron chi connectivity index (χ0n) is 12.1. The van der Waals surface area contributed by atoms with Gasteiger partial charge in [-0.1, -0.05) is 6.07 Å². The SMILES string of the molecule is NCCC(=O)NCC1CCCCN1C(=O)c1ccccn1. The molecule has 0 spiro atoms. The molecule has 1 unspecified atom stereocenters. The van der Waals surface area contributed by atoms with Crippen molar-refractivity contribution >= 4 is 11.8 Å². The van der Waals surface area contributed by atoms with Crippen LogP contribution in [0.25, 0.3) is 0 Å². The van der Waals surface area contributed by atoms with Crippen LogP contribution < -0.4 is 11.1 Å². The summed E-state index contributed by atoms with van der Waals surface area (Å²) < 4.78 is 0. The van der Waals surface area contributed by atoms with Gasteiger partial charge in [0.05, 0.1) is 0 Å². The maximum Gasteiger partial charge on any atom is 0.272 e. The number of carbonyl (C=O) groups is 2. The van der Waals surface area contributed by atoms with Crippen LogP contribution in [0.2, 0.25) is 0 Å². The molecule has 0 saturated carbocycles. The monoisotopic (exact) mass is 290 g/mol. The molecule has 0 bridgehead atoms. The lowest BCUT2D eigenvalue weighted by Gasteiger charge is -2.35. The molecule has 3 N–H and O–H groups in total. The van der Waals surface area contributed by atoms with Crippen LogP contribution in [0.4, 0.5) is 0 Å². The van der Waals surface area contributed by atoms with Crippen molar-refractivity contribution in [2.75, 3.05) is 19.6 Å². The number of carbonyl (C=O) groups excluding carboxylic acids is 2. The average Bonchev–Trinajstić information content (AvgIpc) is 2.54. The molecule has 6 nitrogen and oxygen atoms in total. The molecule has 1 fully saturated rings. The van der Waals surface area contributed by atoms with Gasteiger partial charge >= 0.3 is 0 Å². The average molecular weight is 290 g/mol. The van der Waals surface area contributed by atoms with Crippen molar-refractivity contribution in [3.05, 3.63) is 30.1 Å². The van der Waals surface area contributed by atoms with Gasteiger partial charge in [0, 0.05) is 38.3 Å². The van der Waals surface area contributed by atoms with E-state index in [2.05, 4.69) is 10.3 Å². The van der Waals surface area contributed by atoms with Gasteiger partial charge in [-0.15, -0.1) is 0 Å². The number of piperidine rings is 1. The minimum Gasteiger partial charge on any atom is -0.354 e. The minimum atomic E-state index is -0.0618. The molecule has 2 heterocycles. The van der Waals surface area contributed by atoms with Gasteiger partial charge < -0.3 is 16.0 Å². The second kappa shape index (κ2) is 7.73. The third-order valence-corrected chi connectivity index (χ3v) is 3.68. The molecule has 1 atom stereocenters. The molecule has 1 aliphatic rings. The zero-order valence-corrected chi connectivity index (χ0v) is 12.1. The number of likely N-dealkylation sites (tertiary alicyclic amines) is 1. The highest BCUT2D eigenvalue weighted by Gasteiger charge is 2.28. The predicted octanol–water partition coefficient (Wildman–Crippen LogP) is 0.541. The fraction of sp³-hybridized carbons (Fsp3) is 0.533. The van der Waals surface area contributed by atoms with Crippen molar-refractivity contribution < 1.29 is 9.59 Å². The fourth-order valence-corrected chi connectivity index (χ4v) is 2.57. The molecule has 2 amide bonds. The third-order valence-electron chi connectivity index (χ3n) is 3.68. The molecule has 2 rings (SSSR count). The summed E-state index contributed by atoms with van der Waals surface area (Å²) in [5.74, 6) is -0.123. The molecular weight excluding hydrogens is 268 g/mol. The van der Waals surface area contributed by atoms with Crippen LogP contribution in [0.3, 0.4) is 0 Å². The van der Waals surface area contributed by atoms with Gasteiger partial charge in [-0.2, -0.15) is 0 Å². The van der Waals surface area contributed by atoms with Gasteiger partial charge in [-0.3, -0.25) is 14.6 Å². The molecular formula is C15H22N4O2. The fourth-order valence-electron chi connectivity index (χ4n) is 2.57. The first-order chi connectivity index (χ1) is 10.2. The van der Waals surface area contributed by atoms with E-state index in [0.29, 0.717) is 31.7 Å². The third kappa shape index (κ3) is 4.26. The highest BCUT2D eigenvalue weighted by molar-refractivity contribution is 5.92. The van der Waals surface area contributed by atoms with Gasteiger partial charge in [0.25, 0.3) is 5.91 Å². The summed E-state index contributed by atoms with van der Waals surface area (Å²) in [5, 5.41) is 2.86. The molecule has 0 radical (unpaired) electrons. The van der Waals surface area contributed by atoms with Crippen molar-refractivity contribution in [3.63, 3.8) is 0 Å². The van der Waals surface area contributed by atoms with Crippen molar-refractivity contribution in [2.45, 2.75) is 31.7 Å². The second-order valence-corrected chi connectivity index (χ2v) is 5.21. The summed E-state index contributed by atoms with van der Waals surface area (Å²) in [6, 6.07) is 5.36. The Labute approximate surface area is 124 Å². The van der Waals surface area contributed by atoms with Gasteiger partial charge in [0.2, 0.25) is 5.91 Å².